The minimum Gasteiger partial charge on any atom is -0.322 e. The minimum atomic E-state index is -0.526. The number of nitro groups is 1. The Balaban J connectivity index is 2.29. The number of hydrogen-bond acceptors (Lipinski definition) is 4. The molecule has 0 aliphatic rings. The van der Waals surface area contributed by atoms with Gasteiger partial charge in [0.1, 0.15) is 5.70 Å². The van der Waals surface area contributed by atoms with Gasteiger partial charge >= 0.3 is 0 Å². The molecule has 0 saturated heterocycles. The van der Waals surface area contributed by atoms with Crippen molar-refractivity contribution in [1.29, 1.82) is 0 Å². The highest BCUT2D eigenvalue weighted by molar-refractivity contribution is 6.08. The average Bonchev–Trinajstić information content (AvgIpc) is 2.56. The van der Waals surface area contributed by atoms with Gasteiger partial charge in [-0.15, -0.1) is 0 Å². The van der Waals surface area contributed by atoms with Crippen LogP contribution in [0.1, 0.15) is 18.1 Å². The average molecular weight is 339 g/mol. The summed E-state index contributed by atoms with van der Waals surface area (Å²) < 4.78 is 0. The van der Waals surface area contributed by atoms with E-state index in [4.69, 9.17) is 0 Å². The predicted octanol–water partition coefficient (Wildman–Crippen LogP) is 3.02. The molecule has 7 nitrogen and oxygen atoms in total. The largest absolute Gasteiger partial charge is 0.322 e. The molecule has 25 heavy (non-hydrogen) atoms. The van der Waals surface area contributed by atoms with Crippen LogP contribution in [0.2, 0.25) is 0 Å². The summed E-state index contributed by atoms with van der Waals surface area (Å²) in [5.41, 5.74) is 1.94. The van der Waals surface area contributed by atoms with Gasteiger partial charge in [-0.05, 0) is 30.7 Å². The molecule has 0 saturated carbocycles. The zero-order valence-electron chi connectivity index (χ0n) is 13.8. The monoisotopic (exact) mass is 339 g/mol. The van der Waals surface area contributed by atoms with Gasteiger partial charge < -0.3 is 10.6 Å². The fraction of sp³-hybridized carbons (Fsp3) is 0.111. The lowest BCUT2D eigenvalue weighted by atomic mass is 10.1. The second-order valence-corrected chi connectivity index (χ2v) is 5.41. The normalized spacial score (nSPS) is 10.9. The lowest BCUT2D eigenvalue weighted by molar-refractivity contribution is -0.384. The van der Waals surface area contributed by atoms with Crippen molar-refractivity contribution in [2.24, 2.45) is 0 Å². The SMILES string of the molecule is CC(=O)N/C(=C\c1cccc([N+](=O)[O-])c1)C(=O)Nc1ccc(C)cc1. The molecule has 0 radical (unpaired) electrons. The number of benzene rings is 2. The number of nitrogens with one attached hydrogen (secondary N) is 2. The van der Waals surface area contributed by atoms with E-state index >= 15 is 0 Å². The third kappa shape index (κ3) is 5.28. The maximum absolute atomic E-state index is 12.4. The van der Waals surface area contributed by atoms with Crippen LogP contribution in [0.5, 0.6) is 0 Å². The Bertz CT molecular complexity index is 842. The van der Waals surface area contributed by atoms with Crippen LogP contribution in [-0.2, 0) is 9.59 Å². The molecule has 2 aromatic carbocycles. The Morgan fingerprint density at radius 3 is 2.40 bits per heavy atom. The Morgan fingerprint density at radius 2 is 1.80 bits per heavy atom. The molecular weight excluding hydrogens is 322 g/mol. The van der Waals surface area contributed by atoms with E-state index in [1.807, 2.05) is 19.1 Å². The topological polar surface area (TPSA) is 101 Å². The lowest BCUT2D eigenvalue weighted by Gasteiger charge is -2.10. The molecule has 2 amide bonds. The van der Waals surface area contributed by atoms with Crippen LogP contribution in [0.3, 0.4) is 0 Å². The second-order valence-electron chi connectivity index (χ2n) is 5.41. The van der Waals surface area contributed by atoms with Gasteiger partial charge in [0, 0.05) is 24.7 Å². The van der Waals surface area contributed by atoms with Gasteiger partial charge in [0.15, 0.2) is 0 Å². The maximum atomic E-state index is 12.4. The van der Waals surface area contributed by atoms with E-state index in [9.17, 15) is 19.7 Å². The molecule has 0 fully saturated rings. The first kappa shape index (κ1) is 17.9. The van der Waals surface area contributed by atoms with Gasteiger partial charge in [-0.25, -0.2) is 0 Å². The van der Waals surface area contributed by atoms with Crippen LogP contribution < -0.4 is 10.6 Å². The van der Waals surface area contributed by atoms with Crippen LogP contribution in [0, 0.1) is 17.0 Å². The van der Waals surface area contributed by atoms with E-state index in [1.54, 1.807) is 18.2 Å². The fourth-order valence-electron chi connectivity index (χ4n) is 2.08. The molecule has 0 unspecified atom stereocenters. The highest BCUT2D eigenvalue weighted by Gasteiger charge is 2.13. The Labute approximate surface area is 144 Å². The molecule has 128 valence electrons. The van der Waals surface area contributed by atoms with Crippen LogP contribution in [-0.4, -0.2) is 16.7 Å². The van der Waals surface area contributed by atoms with Crippen molar-refractivity contribution in [3.63, 3.8) is 0 Å². The number of nitrogens with zero attached hydrogens (tertiary/aromatic N) is 1. The highest BCUT2D eigenvalue weighted by atomic mass is 16.6. The summed E-state index contributed by atoms with van der Waals surface area (Å²) in [6, 6.07) is 13.0. The molecule has 2 rings (SSSR count). The Kier molecular flexibility index (Phi) is 5.62. The van der Waals surface area contributed by atoms with Gasteiger partial charge in [0.05, 0.1) is 4.92 Å². The van der Waals surface area contributed by atoms with E-state index in [2.05, 4.69) is 10.6 Å². The molecule has 7 heteroatoms. The highest BCUT2D eigenvalue weighted by Crippen LogP contribution is 2.16. The molecular formula is C18H17N3O4. The first-order valence-corrected chi connectivity index (χ1v) is 7.47. The number of rotatable bonds is 5. The maximum Gasteiger partial charge on any atom is 0.272 e. The summed E-state index contributed by atoms with van der Waals surface area (Å²) >= 11 is 0. The van der Waals surface area contributed by atoms with E-state index < -0.39 is 16.7 Å². The Morgan fingerprint density at radius 1 is 1.12 bits per heavy atom. The van der Waals surface area contributed by atoms with Crippen molar-refractivity contribution in [1.82, 2.24) is 5.32 Å². The Hall–Kier alpha value is -3.48. The predicted molar refractivity (Wildman–Crippen MR) is 94.7 cm³/mol. The molecule has 0 spiro atoms. The van der Waals surface area contributed by atoms with Crippen LogP contribution >= 0.6 is 0 Å². The first-order valence-electron chi connectivity index (χ1n) is 7.47. The number of nitro benzene ring substituents is 1. The smallest absolute Gasteiger partial charge is 0.272 e. The summed E-state index contributed by atoms with van der Waals surface area (Å²) in [5.74, 6) is -0.943. The number of amides is 2. The first-order chi connectivity index (χ1) is 11.8. The van der Waals surface area contributed by atoms with Crippen molar-refractivity contribution >= 4 is 29.3 Å². The van der Waals surface area contributed by atoms with Crippen LogP contribution in [0.25, 0.3) is 6.08 Å². The summed E-state index contributed by atoms with van der Waals surface area (Å²) in [5, 5.41) is 16.0. The zero-order valence-corrected chi connectivity index (χ0v) is 13.8. The standard InChI is InChI=1S/C18H17N3O4/c1-12-6-8-15(9-7-12)20-18(23)17(19-13(2)22)11-14-4-3-5-16(10-14)21(24)25/h3-11H,1-2H3,(H,19,22)(H,20,23)/b17-11-. The molecule has 0 heterocycles. The molecule has 2 N–H and O–H groups in total. The van der Waals surface area contributed by atoms with Gasteiger partial charge in [0.25, 0.3) is 11.6 Å². The molecule has 0 atom stereocenters. The molecule has 0 aromatic heterocycles. The second kappa shape index (κ2) is 7.87. The summed E-state index contributed by atoms with van der Waals surface area (Å²) in [6.45, 7) is 3.21. The zero-order chi connectivity index (χ0) is 18.4. The van der Waals surface area contributed by atoms with Crippen LogP contribution in [0.15, 0.2) is 54.2 Å². The van der Waals surface area contributed by atoms with Crippen molar-refractivity contribution in [3.05, 3.63) is 75.5 Å². The number of non-ortho nitro benzene ring substituents is 1. The van der Waals surface area contributed by atoms with Crippen molar-refractivity contribution in [2.75, 3.05) is 5.32 Å². The van der Waals surface area contributed by atoms with Gasteiger partial charge in [-0.2, -0.15) is 0 Å². The van der Waals surface area contributed by atoms with E-state index in [0.717, 1.165) is 5.56 Å². The number of hydrogen-bond donors (Lipinski definition) is 2. The van der Waals surface area contributed by atoms with Gasteiger partial charge in [0.2, 0.25) is 5.91 Å². The number of aryl methyl sites for hydroxylation is 1. The van der Waals surface area contributed by atoms with E-state index in [1.165, 1.54) is 31.2 Å². The number of carbonyl (C=O) groups is 2. The fourth-order valence-corrected chi connectivity index (χ4v) is 2.08. The van der Waals surface area contributed by atoms with E-state index in [0.29, 0.717) is 11.3 Å². The quantitative estimate of drug-likeness (QED) is 0.496. The van der Waals surface area contributed by atoms with Crippen LogP contribution in [0.4, 0.5) is 11.4 Å². The molecule has 0 aliphatic heterocycles. The minimum absolute atomic E-state index is 0.00595. The summed E-state index contributed by atoms with van der Waals surface area (Å²) in [4.78, 5) is 34.1. The van der Waals surface area contributed by atoms with Gasteiger partial charge in [-0.1, -0.05) is 29.8 Å². The third-order valence-electron chi connectivity index (χ3n) is 3.26. The van der Waals surface area contributed by atoms with Crippen molar-refractivity contribution in [2.45, 2.75) is 13.8 Å². The molecule has 2 aromatic rings. The number of carbonyl (C=O) groups excluding carboxylic acids is 2. The lowest BCUT2D eigenvalue weighted by Crippen LogP contribution is -2.28. The van der Waals surface area contributed by atoms with Crippen molar-refractivity contribution < 1.29 is 14.5 Å². The third-order valence-corrected chi connectivity index (χ3v) is 3.26. The molecule has 0 aliphatic carbocycles. The summed E-state index contributed by atoms with van der Waals surface area (Å²) in [7, 11) is 0. The van der Waals surface area contributed by atoms with Gasteiger partial charge in [-0.3, -0.25) is 19.7 Å². The summed E-state index contributed by atoms with van der Waals surface area (Å²) in [6.07, 6.45) is 1.39. The molecule has 0 bridgehead atoms. The van der Waals surface area contributed by atoms with Crippen molar-refractivity contribution in [3.8, 4) is 0 Å². The van der Waals surface area contributed by atoms with E-state index in [-0.39, 0.29) is 11.4 Å². The number of anilines is 1.